The first kappa shape index (κ1) is 29.9. The van der Waals surface area contributed by atoms with Crippen LogP contribution in [0.1, 0.15) is 12.5 Å². The highest BCUT2D eigenvalue weighted by Crippen LogP contribution is 2.54. The fraction of sp³-hybridized carbons (Fsp3) is 0.0192. The molecule has 246 valence electrons. The molecule has 0 N–H and O–H groups in total. The summed E-state index contributed by atoms with van der Waals surface area (Å²) in [4.78, 5) is 5.14. The zero-order valence-electron chi connectivity index (χ0n) is 29.3. The van der Waals surface area contributed by atoms with Gasteiger partial charge in [-0.1, -0.05) is 146 Å². The van der Waals surface area contributed by atoms with Gasteiger partial charge in [-0.15, -0.1) is 0 Å². The van der Waals surface area contributed by atoms with E-state index in [1.807, 2.05) is 12.3 Å². The van der Waals surface area contributed by atoms with Crippen LogP contribution in [0.3, 0.4) is 0 Å². The first-order valence-electron chi connectivity index (χ1n) is 18.4. The van der Waals surface area contributed by atoms with Crippen molar-refractivity contribution in [2.45, 2.75) is 6.92 Å². The van der Waals surface area contributed by atoms with E-state index in [0.717, 1.165) is 16.7 Å². The van der Waals surface area contributed by atoms with Crippen molar-refractivity contribution in [3.8, 4) is 66.8 Å². The Morgan fingerprint density at radius 2 is 1.15 bits per heavy atom. The van der Waals surface area contributed by atoms with Gasteiger partial charge in [0, 0.05) is 17.1 Å². The Hall–Kier alpha value is -6.83. The van der Waals surface area contributed by atoms with E-state index in [4.69, 9.17) is 4.98 Å². The van der Waals surface area contributed by atoms with Crippen LogP contribution in [0.15, 0.2) is 177 Å². The molecular weight excluding hydrogens is 639 g/mol. The molecule has 1 heterocycles. The number of benzene rings is 8. The maximum atomic E-state index is 5.14. The van der Waals surface area contributed by atoms with E-state index in [9.17, 15) is 0 Å². The van der Waals surface area contributed by atoms with Crippen LogP contribution in [-0.2, 0) is 0 Å². The molecule has 0 aliphatic heterocycles. The molecule has 0 unspecified atom stereocenters. The van der Waals surface area contributed by atoms with E-state index in [0.29, 0.717) is 0 Å². The van der Waals surface area contributed by atoms with E-state index in [1.54, 1.807) is 0 Å². The number of pyridine rings is 1. The summed E-state index contributed by atoms with van der Waals surface area (Å²) in [6.45, 7) is 6.28. The normalized spacial score (nSPS) is 12.7. The Bertz CT molecular complexity index is 3090. The Labute approximate surface area is 308 Å². The maximum Gasteiger partial charge on any atom is 0.0793 e. The molecule has 11 rings (SSSR count). The lowest BCUT2D eigenvalue weighted by atomic mass is 9.86. The number of allylic oxidation sites excluding steroid dienone is 5. The SMILES string of the molecule is C=C/C(=C\C=C/C)c1ccc2c3c(cc4c5ccc(-c6ccccc6)cc5c(-c5ccc6c7c(ccnc57)-c5ccccc5-6)cc24)-c2ccccc2-c13. The second kappa shape index (κ2) is 11.3. The summed E-state index contributed by atoms with van der Waals surface area (Å²) in [5.41, 5.74) is 18.4. The molecule has 0 bridgehead atoms. The number of fused-ring (bicyclic) bond motifs is 10. The lowest BCUT2D eigenvalue weighted by Crippen LogP contribution is -1.92. The third-order valence-corrected chi connectivity index (χ3v) is 11.5. The predicted molar refractivity (Wildman–Crippen MR) is 227 cm³/mol. The monoisotopic (exact) mass is 671 g/mol. The molecule has 0 amide bonds. The van der Waals surface area contributed by atoms with Gasteiger partial charge in [0.1, 0.15) is 0 Å². The quantitative estimate of drug-likeness (QED) is 0.131. The molecule has 2 aliphatic carbocycles. The molecule has 9 aromatic rings. The molecule has 53 heavy (non-hydrogen) atoms. The van der Waals surface area contributed by atoms with Crippen LogP contribution in [0.5, 0.6) is 0 Å². The first-order chi connectivity index (χ1) is 26.2. The van der Waals surface area contributed by atoms with Crippen LogP contribution in [0, 0.1) is 0 Å². The van der Waals surface area contributed by atoms with Gasteiger partial charge in [-0.3, -0.25) is 4.98 Å². The van der Waals surface area contributed by atoms with Crippen LogP contribution in [0.2, 0.25) is 0 Å². The molecular formula is C52H33N. The van der Waals surface area contributed by atoms with Crippen molar-refractivity contribution < 1.29 is 0 Å². The molecule has 1 heteroatoms. The summed E-state index contributed by atoms with van der Waals surface area (Å²) in [6.07, 6.45) is 10.3. The van der Waals surface area contributed by atoms with Gasteiger partial charge >= 0.3 is 0 Å². The number of nitrogens with zero attached hydrogens (tertiary/aromatic N) is 1. The van der Waals surface area contributed by atoms with Gasteiger partial charge in [0.05, 0.1) is 5.52 Å². The minimum atomic E-state index is 1.05. The minimum Gasteiger partial charge on any atom is -0.256 e. The Kier molecular flexibility index (Phi) is 6.39. The molecule has 0 spiro atoms. The lowest BCUT2D eigenvalue weighted by Gasteiger charge is -2.18. The standard InChI is InChI=1S/C52H33N/c1-3-5-13-31(4-2)34-22-23-41-46-29-47(43-25-24-40-35-16-9-10-17-36(35)42-26-27-53-52(43)51(40)42)44-28-33(32-14-7-6-8-15-32)20-21-38(44)45(46)30-48-37-18-11-12-19-39(37)49(34)50(41)48/h3-30H,2H2,1H3/b5-3-,31-13+. The average Bonchev–Trinajstić information content (AvgIpc) is 3.73. The van der Waals surface area contributed by atoms with Gasteiger partial charge < -0.3 is 0 Å². The van der Waals surface area contributed by atoms with Crippen LogP contribution < -0.4 is 0 Å². The Morgan fingerprint density at radius 3 is 1.92 bits per heavy atom. The second-order valence-electron chi connectivity index (χ2n) is 14.2. The van der Waals surface area contributed by atoms with Crippen molar-refractivity contribution >= 4 is 48.8 Å². The molecule has 0 saturated carbocycles. The molecule has 0 atom stereocenters. The highest BCUT2D eigenvalue weighted by molar-refractivity contribution is 6.30. The summed E-state index contributed by atoms with van der Waals surface area (Å²) >= 11 is 0. The molecule has 8 aromatic carbocycles. The second-order valence-corrected chi connectivity index (χ2v) is 14.2. The van der Waals surface area contributed by atoms with Crippen LogP contribution >= 0.6 is 0 Å². The van der Waals surface area contributed by atoms with Gasteiger partial charge in [-0.05, 0) is 136 Å². The van der Waals surface area contributed by atoms with Crippen LogP contribution in [0.4, 0.5) is 0 Å². The fourth-order valence-corrected chi connectivity index (χ4v) is 9.20. The van der Waals surface area contributed by atoms with Gasteiger partial charge in [0.25, 0.3) is 0 Å². The zero-order chi connectivity index (χ0) is 35.2. The third kappa shape index (κ3) is 4.16. The van der Waals surface area contributed by atoms with Crippen molar-refractivity contribution in [1.29, 1.82) is 0 Å². The summed E-state index contributed by atoms with van der Waals surface area (Å²) in [5.74, 6) is 0. The molecule has 0 fully saturated rings. The summed E-state index contributed by atoms with van der Waals surface area (Å²) in [7, 11) is 0. The van der Waals surface area contributed by atoms with Crippen molar-refractivity contribution in [3.63, 3.8) is 0 Å². The topological polar surface area (TPSA) is 12.9 Å². The van der Waals surface area contributed by atoms with E-state index < -0.39 is 0 Å². The number of aromatic nitrogens is 1. The first-order valence-corrected chi connectivity index (χ1v) is 18.4. The van der Waals surface area contributed by atoms with E-state index in [2.05, 4.69) is 171 Å². The van der Waals surface area contributed by atoms with E-state index >= 15 is 0 Å². The van der Waals surface area contributed by atoms with Gasteiger partial charge in [0.2, 0.25) is 0 Å². The lowest BCUT2D eigenvalue weighted by molar-refractivity contribution is 1.42. The summed E-state index contributed by atoms with van der Waals surface area (Å²) in [5, 5.41) is 8.81. The third-order valence-electron chi connectivity index (χ3n) is 11.5. The van der Waals surface area contributed by atoms with Crippen molar-refractivity contribution in [2.24, 2.45) is 0 Å². The van der Waals surface area contributed by atoms with E-state index in [1.165, 1.54) is 104 Å². The van der Waals surface area contributed by atoms with Crippen molar-refractivity contribution in [1.82, 2.24) is 4.98 Å². The minimum absolute atomic E-state index is 1.05. The Balaban J connectivity index is 1.28. The highest BCUT2D eigenvalue weighted by atomic mass is 14.7. The largest absolute Gasteiger partial charge is 0.256 e. The Morgan fingerprint density at radius 1 is 0.491 bits per heavy atom. The van der Waals surface area contributed by atoms with Crippen LogP contribution in [-0.4, -0.2) is 4.98 Å². The smallest absolute Gasteiger partial charge is 0.0793 e. The highest BCUT2D eigenvalue weighted by Gasteiger charge is 2.28. The fourth-order valence-electron chi connectivity index (χ4n) is 9.20. The van der Waals surface area contributed by atoms with Gasteiger partial charge in [-0.25, -0.2) is 0 Å². The molecule has 0 saturated heterocycles. The van der Waals surface area contributed by atoms with Crippen LogP contribution in [0.25, 0.3) is 116 Å². The zero-order valence-corrected chi connectivity index (χ0v) is 29.3. The molecule has 0 radical (unpaired) electrons. The van der Waals surface area contributed by atoms with E-state index in [-0.39, 0.29) is 0 Å². The van der Waals surface area contributed by atoms with Gasteiger partial charge in [0.15, 0.2) is 0 Å². The molecule has 1 aromatic heterocycles. The maximum absolute atomic E-state index is 5.14. The van der Waals surface area contributed by atoms with Crippen molar-refractivity contribution in [2.75, 3.05) is 0 Å². The molecule has 2 aliphatic rings. The number of hydrogen-bond donors (Lipinski definition) is 0. The summed E-state index contributed by atoms with van der Waals surface area (Å²) in [6, 6.07) is 51.7. The van der Waals surface area contributed by atoms with Gasteiger partial charge in [-0.2, -0.15) is 0 Å². The molecule has 1 nitrogen and oxygen atoms in total. The average molecular weight is 672 g/mol. The van der Waals surface area contributed by atoms with Crippen molar-refractivity contribution in [3.05, 3.63) is 182 Å². The summed E-state index contributed by atoms with van der Waals surface area (Å²) < 4.78 is 0. The number of rotatable bonds is 5. The predicted octanol–water partition coefficient (Wildman–Crippen LogP) is 14.5. The number of hydrogen-bond acceptors (Lipinski definition) is 1.